The second-order valence-electron chi connectivity index (χ2n) is 6.85. The number of benzene rings is 2. The van der Waals surface area contributed by atoms with Gasteiger partial charge >= 0.3 is 6.03 Å². The highest BCUT2D eigenvalue weighted by molar-refractivity contribution is 5.89. The highest BCUT2D eigenvalue weighted by atomic mass is 16.3. The van der Waals surface area contributed by atoms with Gasteiger partial charge < -0.3 is 15.3 Å². The lowest BCUT2D eigenvalue weighted by molar-refractivity contribution is 0.162. The van der Waals surface area contributed by atoms with Gasteiger partial charge in [0.25, 0.3) is 0 Å². The number of para-hydroxylation sites is 1. The van der Waals surface area contributed by atoms with E-state index in [1.165, 1.54) is 6.42 Å². The number of hydrogen-bond donors (Lipinski definition) is 2. The van der Waals surface area contributed by atoms with Crippen LogP contribution < -0.4 is 5.32 Å². The van der Waals surface area contributed by atoms with Crippen LogP contribution in [0.25, 0.3) is 0 Å². The molecule has 0 unspecified atom stereocenters. The van der Waals surface area contributed by atoms with E-state index in [4.69, 9.17) is 0 Å². The third kappa shape index (κ3) is 4.53. The normalized spacial score (nSPS) is 14.9. The van der Waals surface area contributed by atoms with E-state index in [9.17, 15) is 9.90 Å². The quantitative estimate of drug-likeness (QED) is 0.818. The molecule has 0 saturated heterocycles. The first-order valence-corrected chi connectivity index (χ1v) is 9.04. The Kier molecular flexibility index (Phi) is 5.59. The summed E-state index contributed by atoms with van der Waals surface area (Å²) in [4.78, 5) is 14.9. The summed E-state index contributed by atoms with van der Waals surface area (Å²) in [6, 6.07) is 15.2. The van der Waals surface area contributed by atoms with Crippen molar-refractivity contribution in [1.29, 1.82) is 0 Å². The number of hydrogen-bond acceptors (Lipinski definition) is 2. The SMILES string of the molecule is Cc1cccc(NC(=O)N(Cc2ccccc2O)C2CCCCC2)c1. The molecule has 0 heterocycles. The molecule has 1 fully saturated rings. The first-order valence-electron chi connectivity index (χ1n) is 9.04. The molecule has 25 heavy (non-hydrogen) atoms. The fourth-order valence-corrected chi connectivity index (χ4v) is 3.51. The van der Waals surface area contributed by atoms with Gasteiger partial charge in [-0.2, -0.15) is 0 Å². The average molecular weight is 338 g/mol. The highest BCUT2D eigenvalue weighted by Gasteiger charge is 2.26. The van der Waals surface area contributed by atoms with Gasteiger partial charge in [-0.3, -0.25) is 0 Å². The number of phenols is 1. The summed E-state index contributed by atoms with van der Waals surface area (Å²) in [6.45, 7) is 2.44. The lowest BCUT2D eigenvalue weighted by atomic mass is 9.94. The molecule has 2 aromatic carbocycles. The lowest BCUT2D eigenvalue weighted by Gasteiger charge is -2.34. The largest absolute Gasteiger partial charge is 0.508 e. The number of anilines is 1. The van der Waals surface area contributed by atoms with Crippen molar-refractivity contribution in [2.75, 3.05) is 5.32 Å². The van der Waals surface area contributed by atoms with Crippen LogP contribution in [0.5, 0.6) is 5.75 Å². The fraction of sp³-hybridized carbons (Fsp3) is 0.381. The Balaban J connectivity index is 1.79. The summed E-state index contributed by atoms with van der Waals surface area (Å²) in [5.74, 6) is 0.242. The lowest BCUT2D eigenvalue weighted by Crippen LogP contribution is -2.43. The Labute approximate surface area is 149 Å². The molecule has 2 amide bonds. The van der Waals surface area contributed by atoms with Crippen molar-refractivity contribution in [3.8, 4) is 5.75 Å². The van der Waals surface area contributed by atoms with Crippen molar-refractivity contribution < 1.29 is 9.90 Å². The summed E-state index contributed by atoms with van der Waals surface area (Å²) in [6.07, 6.45) is 5.59. The van der Waals surface area contributed by atoms with Crippen LogP contribution in [-0.2, 0) is 6.54 Å². The number of aryl methyl sites for hydroxylation is 1. The molecule has 0 spiro atoms. The second kappa shape index (κ2) is 8.06. The maximum atomic E-state index is 13.0. The molecule has 1 saturated carbocycles. The average Bonchev–Trinajstić information content (AvgIpc) is 2.61. The van der Waals surface area contributed by atoms with Gasteiger partial charge in [-0.05, 0) is 43.5 Å². The van der Waals surface area contributed by atoms with Crippen LogP contribution in [0.15, 0.2) is 48.5 Å². The van der Waals surface area contributed by atoms with Gasteiger partial charge in [-0.15, -0.1) is 0 Å². The maximum Gasteiger partial charge on any atom is 0.322 e. The summed E-state index contributed by atoms with van der Waals surface area (Å²) in [5.41, 5.74) is 2.71. The topological polar surface area (TPSA) is 52.6 Å². The Morgan fingerprint density at radius 2 is 1.88 bits per heavy atom. The van der Waals surface area contributed by atoms with E-state index in [1.807, 2.05) is 48.2 Å². The zero-order chi connectivity index (χ0) is 17.6. The van der Waals surface area contributed by atoms with Crippen LogP contribution in [0, 0.1) is 6.92 Å². The molecule has 2 N–H and O–H groups in total. The van der Waals surface area contributed by atoms with Crippen molar-refractivity contribution in [3.63, 3.8) is 0 Å². The van der Waals surface area contributed by atoms with Crippen LogP contribution in [-0.4, -0.2) is 22.1 Å². The van der Waals surface area contributed by atoms with Gasteiger partial charge in [0.2, 0.25) is 0 Å². The van der Waals surface area contributed by atoms with Crippen LogP contribution >= 0.6 is 0 Å². The number of phenolic OH excluding ortho intramolecular Hbond substituents is 1. The molecule has 0 aromatic heterocycles. The van der Waals surface area contributed by atoms with Crippen molar-refractivity contribution in [3.05, 3.63) is 59.7 Å². The predicted octanol–water partition coefficient (Wildman–Crippen LogP) is 5.07. The van der Waals surface area contributed by atoms with Crippen LogP contribution in [0.2, 0.25) is 0 Å². The van der Waals surface area contributed by atoms with E-state index in [2.05, 4.69) is 5.32 Å². The highest BCUT2D eigenvalue weighted by Crippen LogP contribution is 2.27. The van der Waals surface area contributed by atoms with Gasteiger partial charge in [0, 0.05) is 17.3 Å². The number of carbonyl (C=O) groups is 1. The molecule has 2 aromatic rings. The molecule has 0 radical (unpaired) electrons. The van der Waals surface area contributed by atoms with Gasteiger partial charge in [0.1, 0.15) is 5.75 Å². The van der Waals surface area contributed by atoms with Gasteiger partial charge in [-0.1, -0.05) is 49.6 Å². The molecule has 4 nitrogen and oxygen atoms in total. The number of amides is 2. The summed E-state index contributed by atoms with van der Waals surface area (Å²) >= 11 is 0. The summed E-state index contributed by atoms with van der Waals surface area (Å²) in [5, 5.41) is 13.1. The van der Waals surface area contributed by atoms with Crippen LogP contribution in [0.3, 0.4) is 0 Å². The Bertz CT molecular complexity index is 723. The van der Waals surface area contributed by atoms with Gasteiger partial charge in [-0.25, -0.2) is 4.79 Å². The van der Waals surface area contributed by atoms with E-state index < -0.39 is 0 Å². The number of urea groups is 1. The first kappa shape index (κ1) is 17.3. The molecule has 0 atom stereocenters. The predicted molar refractivity (Wildman–Crippen MR) is 101 cm³/mol. The molecule has 0 bridgehead atoms. The number of aromatic hydroxyl groups is 1. The Morgan fingerprint density at radius 3 is 2.60 bits per heavy atom. The van der Waals surface area contributed by atoms with Crippen molar-refractivity contribution >= 4 is 11.7 Å². The summed E-state index contributed by atoms with van der Waals surface area (Å²) < 4.78 is 0. The number of carbonyl (C=O) groups excluding carboxylic acids is 1. The minimum absolute atomic E-state index is 0.0965. The van der Waals surface area contributed by atoms with Crippen molar-refractivity contribution in [1.82, 2.24) is 4.90 Å². The number of nitrogens with zero attached hydrogens (tertiary/aromatic N) is 1. The van der Waals surface area contributed by atoms with Crippen molar-refractivity contribution in [2.45, 2.75) is 51.6 Å². The van der Waals surface area contributed by atoms with E-state index in [0.29, 0.717) is 6.54 Å². The Morgan fingerprint density at radius 1 is 1.12 bits per heavy atom. The second-order valence-corrected chi connectivity index (χ2v) is 6.85. The van der Waals surface area contributed by atoms with Gasteiger partial charge in [0.15, 0.2) is 0 Å². The smallest absolute Gasteiger partial charge is 0.322 e. The first-order chi connectivity index (χ1) is 12.1. The summed E-state index contributed by atoms with van der Waals surface area (Å²) in [7, 11) is 0. The monoisotopic (exact) mass is 338 g/mol. The van der Waals surface area contributed by atoms with Crippen LogP contribution in [0.1, 0.15) is 43.2 Å². The third-order valence-corrected chi connectivity index (χ3v) is 4.88. The third-order valence-electron chi connectivity index (χ3n) is 4.88. The zero-order valence-corrected chi connectivity index (χ0v) is 14.7. The van der Waals surface area contributed by atoms with E-state index in [1.54, 1.807) is 12.1 Å². The molecular formula is C21H26N2O2. The molecule has 132 valence electrons. The zero-order valence-electron chi connectivity index (χ0n) is 14.7. The molecule has 3 rings (SSSR count). The maximum absolute atomic E-state index is 13.0. The van der Waals surface area contributed by atoms with E-state index in [-0.39, 0.29) is 17.8 Å². The fourth-order valence-electron chi connectivity index (χ4n) is 3.51. The van der Waals surface area contributed by atoms with Crippen molar-refractivity contribution in [2.24, 2.45) is 0 Å². The van der Waals surface area contributed by atoms with E-state index >= 15 is 0 Å². The molecular weight excluding hydrogens is 312 g/mol. The Hall–Kier alpha value is -2.49. The van der Waals surface area contributed by atoms with E-state index in [0.717, 1.165) is 42.5 Å². The standard InChI is InChI=1S/C21H26N2O2/c1-16-8-7-10-18(14-16)22-21(25)23(19-11-3-2-4-12-19)15-17-9-5-6-13-20(17)24/h5-10,13-14,19,24H,2-4,11-12,15H2,1H3,(H,22,25). The molecule has 4 heteroatoms. The number of rotatable bonds is 4. The minimum atomic E-state index is -0.0965. The number of nitrogens with one attached hydrogen (secondary N) is 1. The minimum Gasteiger partial charge on any atom is -0.508 e. The molecule has 1 aliphatic carbocycles. The van der Waals surface area contributed by atoms with Gasteiger partial charge in [0.05, 0.1) is 6.54 Å². The van der Waals surface area contributed by atoms with Crippen LogP contribution in [0.4, 0.5) is 10.5 Å². The molecule has 1 aliphatic rings. The molecule has 0 aliphatic heterocycles.